The van der Waals surface area contributed by atoms with Crippen LogP contribution in [0.25, 0.3) is 0 Å². The first-order valence-electron chi connectivity index (χ1n) is 9.15. The molecule has 1 fully saturated rings. The number of rotatable bonds is 6. The summed E-state index contributed by atoms with van der Waals surface area (Å²) in [5.74, 6) is -1.75. The zero-order valence-corrected chi connectivity index (χ0v) is 17.7. The summed E-state index contributed by atoms with van der Waals surface area (Å²) in [6.45, 7) is 1.86. The Labute approximate surface area is 183 Å². The van der Waals surface area contributed by atoms with Gasteiger partial charge in [0.05, 0.1) is 17.7 Å². The van der Waals surface area contributed by atoms with Gasteiger partial charge in [-0.25, -0.2) is 9.02 Å². The van der Waals surface area contributed by atoms with Gasteiger partial charge in [-0.2, -0.15) is 0 Å². The van der Waals surface area contributed by atoms with Crippen molar-refractivity contribution in [3.8, 4) is 0 Å². The summed E-state index contributed by atoms with van der Waals surface area (Å²) in [6, 6.07) is 4.11. The molecule has 1 aliphatic rings. The van der Waals surface area contributed by atoms with Gasteiger partial charge in [0.1, 0.15) is 5.82 Å². The molecule has 166 valence electrons. The van der Waals surface area contributed by atoms with E-state index in [1.807, 2.05) is 0 Å². The second-order valence-electron chi connectivity index (χ2n) is 6.25. The Kier molecular flexibility index (Phi) is 7.72. The number of ether oxygens (including phenoxy) is 1. The molecule has 0 saturated carbocycles. The number of amidine groups is 1. The first kappa shape index (κ1) is 22.4. The van der Waals surface area contributed by atoms with Crippen LogP contribution in [0.4, 0.5) is 15.9 Å². The fraction of sp³-hybridized carbons (Fsp3) is 0.353. The van der Waals surface area contributed by atoms with Crippen LogP contribution in [-0.2, 0) is 14.3 Å². The van der Waals surface area contributed by atoms with Crippen molar-refractivity contribution < 1.29 is 28.6 Å². The van der Waals surface area contributed by atoms with E-state index < -0.39 is 17.6 Å². The third-order valence-electron chi connectivity index (χ3n) is 4.19. The standard InChI is InChI=1S/C17H19BrFN7O5/c18-11-9-10(1-2-12(11)19)22-15(23-29)13-14(25-31-24-13)20-3-4-21-16(27)17(28)26-5-7-30-8-6-26/h1-2,9,29H,3-8H2,(H,20,25)(H,21,27)(H,22,23). The lowest BCUT2D eigenvalue weighted by molar-refractivity contribution is -0.148. The van der Waals surface area contributed by atoms with E-state index in [0.717, 1.165) is 0 Å². The van der Waals surface area contributed by atoms with Crippen molar-refractivity contribution in [1.29, 1.82) is 0 Å². The SMILES string of the molecule is O=C(NCCNc1nonc1C(=NO)Nc1ccc(F)c(Br)c1)C(=O)N1CCOCC1. The highest BCUT2D eigenvalue weighted by Gasteiger charge is 2.23. The molecule has 2 amide bonds. The number of carbonyl (C=O) groups excluding carboxylic acids is 2. The molecule has 0 radical (unpaired) electrons. The normalized spacial score (nSPS) is 14.3. The summed E-state index contributed by atoms with van der Waals surface area (Å²) in [4.78, 5) is 25.4. The maximum atomic E-state index is 13.4. The predicted octanol–water partition coefficient (Wildman–Crippen LogP) is 0.606. The minimum atomic E-state index is -0.719. The van der Waals surface area contributed by atoms with Gasteiger partial charge in [0.2, 0.25) is 11.7 Å². The highest BCUT2D eigenvalue weighted by molar-refractivity contribution is 9.10. The minimum Gasteiger partial charge on any atom is -0.409 e. The Morgan fingerprint density at radius 1 is 1.26 bits per heavy atom. The zero-order chi connectivity index (χ0) is 22.2. The summed E-state index contributed by atoms with van der Waals surface area (Å²) in [5.41, 5.74) is 0.475. The Morgan fingerprint density at radius 3 is 2.74 bits per heavy atom. The minimum absolute atomic E-state index is 0.0543. The van der Waals surface area contributed by atoms with E-state index in [0.29, 0.717) is 32.0 Å². The van der Waals surface area contributed by atoms with Crippen LogP contribution in [0.15, 0.2) is 32.5 Å². The quantitative estimate of drug-likeness (QED) is 0.112. The van der Waals surface area contributed by atoms with Crippen molar-refractivity contribution in [2.75, 3.05) is 50.0 Å². The number of oxime groups is 1. The number of morpholine rings is 1. The number of amides is 2. The first-order chi connectivity index (χ1) is 15.0. The van der Waals surface area contributed by atoms with Gasteiger partial charge in [-0.05, 0) is 44.4 Å². The molecular weight excluding hydrogens is 481 g/mol. The molecule has 1 aliphatic heterocycles. The maximum Gasteiger partial charge on any atom is 0.312 e. The van der Waals surface area contributed by atoms with Crippen LogP contribution in [0, 0.1) is 5.82 Å². The van der Waals surface area contributed by atoms with Crippen LogP contribution in [0.1, 0.15) is 5.69 Å². The Morgan fingerprint density at radius 2 is 2.03 bits per heavy atom. The fourth-order valence-corrected chi connectivity index (χ4v) is 3.02. The number of nitrogens with zero attached hydrogens (tertiary/aromatic N) is 4. The molecule has 12 nitrogen and oxygen atoms in total. The van der Waals surface area contributed by atoms with E-state index in [-0.39, 0.29) is 34.9 Å². The average Bonchev–Trinajstić information content (AvgIpc) is 3.25. The van der Waals surface area contributed by atoms with E-state index in [9.17, 15) is 19.2 Å². The van der Waals surface area contributed by atoms with Gasteiger partial charge in [0, 0.05) is 31.9 Å². The van der Waals surface area contributed by atoms with E-state index >= 15 is 0 Å². The van der Waals surface area contributed by atoms with E-state index in [1.165, 1.54) is 23.1 Å². The highest BCUT2D eigenvalue weighted by Crippen LogP contribution is 2.21. The molecule has 2 heterocycles. The van der Waals surface area contributed by atoms with Gasteiger partial charge in [-0.1, -0.05) is 5.16 Å². The van der Waals surface area contributed by atoms with Crippen LogP contribution >= 0.6 is 15.9 Å². The molecule has 2 aromatic rings. The van der Waals surface area contributed by atoms with Gasteiger partial charge in [0.25, 0.3) is 0 Å². The molecule has 3 rings (SSSR count). The second-order valence-corrected chi connectivity index (χ2v) is 7.11. The molecule has 0 aliphatic carbocycles. The van der Waals surface area contributed by atoms with Crippen LogP contribution in [0.5, 0.6) is 0 Å². The molecule has 0 unspecified atom stereocenters. The molecular formula is C17H19BrFN7O5. The Hall–Kier alpha value is -3.26. The van der Waals surface area contributed by atoms with Gasteiger partial charge in [0.15, 0.2) is 5.69 Å². The number of hydrogen-bond donors (Lipinski definition) is 4. The van der Waals surface area contributed by atoms with Crippen molar-refractivity contribution in [1.82, 2.24) is 20.5 Å². The van der Waals surface area contributed by atoms with Crippen LogP contribution in [0.3, 0.4) is 0 Å². The third kappa shape index (κ3) is 5.88. The van der Waals surface area contributed by atoms with Crippen molar-refractivity contribution in [3.05, 3.63) is 34.2 Å². The topological polar surface area (TPSA) is 154 Å². The number of nitrogens with one attached hydrogen (secondary N) is 3. The fourth-order valence-electron chi connectivity index (χ4n) is 2.64. The number of hydrogen-bond acceptors (Lipinski definition) is 9. The second kappa shape index (κ2) is 10.7. The maximum absolute atomic E-state index is 13.4. The molecule has 4 N–H and O–H groups in total. The van der Waals surface area contributed by atoms with Gasteiger partial charge in [-0.3, -0.25) is 9.59 Å². The van der Waals surface area contributed by atoms with Crippen LogP contribution in [-0.4, -0.2) is 77.5 Å². The van der Waals surface area contributed by atoms with Gasteiger partial charge in [-0.15, -0.1) is 0 Å². The highest BCUT2D eigenvalue weighted by atomic mass is 79.9. The number of halogens is 2. The average molecular weight is 500 g/mol. The van der Waals surface area contributed by atoms with E-state index in [1.54, 1.807) is 0 Å². The molecule has 1 aromatic carbocycles. The molecule has 31 heavy (non-hydrogen) atoms. The first-order valence-corrected chi connectivity index (χ1v) is 9.94. The lowest BCUT2D eigenvalue weighted by atomic mass is 10.3. The van der Waals surface area contributed by atoms with Crippen molar-refractivity contribution >= 4 is 45.1 Å². The summed E-state index contributed by atoms with van der Waals surface area (Å²) in [6.07, 6.45) is 0. The molecule has 14 heteroatoms. The summed E-state index contributed by atoms with van der Waals surface area (Å²) < 4.78 is 23.4. The number of benzene rings is 1. The lowest BCUT2D eigenvalue weighted by Crippen LogP contribution is -2.48. The van der Waals surface area contributed by atoms with Crippen molar-refractivity contribution in [2.45, 2.75) is 0 Å². The monoisotopic (exact) mass is 499 g/mol. The predicted molar refractivity (Wildman–Crippen MR) is 109 cm³/mol. The van der Waals surface area contributed by atoms with Gasteiger partial charge >= 0.3 is 11.8 Å². The largest absolute Gasteiger partial charge is 0.409 e. The zero-order valence-electron chi connectivity index (χ0n) is 16.1. The number of carbonyl (C=O) groups is 2. The van der Waals surface area contributed by atoms with E-state index in [4.69, 9.17) is 4.74 Å². The lowest BCUT2D eigenvalue weighted by Gasteiger charge is -2.26. The molecule has 0 spiro atoms. The summed E-state index contributed by atoms with van der Waals surface area (Å²) in [7, 11) is 0. The summed E-state index contributed by atoms with van der Waals surface area (Å²) >= 11 is 3.07. The molecule has 1 aromatic heterocycles. The smallest absolute Gasteiger partial charge is 0.312 e. The molecule has 0 atom stereocenters. The van der Waals surface area contributed by atoms with Crippen LogP contribution in [0.2, 0.25) is 0 Å². The summed E-state index contributed by atoms with van der Waals surface area (Å²) in [5, 5.41) is 28.0. The molecule has 0 bridgehead atoms. The number of anilines is 2. The van der Waals surface area contributed by atoms with Crippen molar-refractivity contribution in [2.24, 2.45) is 5.16 Å². The van der Waals surface area contributed by atoms with Crippen LogP contribution < -0.4 is 16.0 Å². The Bertz CT molecular complexity index is 964. The number of aromatic nitrogens is 2. The van der Waals surface area contributed by atoms with Crippen molar-refractivity contribution in [3.63, 3.8) is 0 Å². The Balaban J connectivity index is 1.52. The third-order valence-corrected chi connectivity index (χ3v) is 4.80. The van der Waals surface area contributed by atoms with E-state index in [2.05, 4.69) is 52.0 Å². The molecule has 1 saturated heterocycles. The van der Waals surface area contributed by atoms with Gasteiger partial charge < -0.3 is 30.8 Å².